The van der Waals surface area contributed by atoms with Crippen LogP contribution in [0.2, 0.25) is 0 Å². The van der Waals surface area contributed by atoms with Gasteiger partial charge in [-0.05, 0) is 54.1 Å². The van der Waals surface area contributed by atoms with Crippen LogP contribution in [0.1, 0.15) is 5.82 Å². The highest BCUT2D eigenvalue weighted by atomic mass is 32.2. The lowest BCUT2D eigenvalue weighted by Crippen LogP contribution is -2.12. The van der Waals surface area contributed by atoms with E-state index in [1.807, 2.05) is 48.0 Å². The summed E-state index contributed by atoms with van der Waals surface area (Å²) in [5, 5.41) is 5.06. The molecular formula is C24H20N6O2S. The fourth-order valence-electron chi connectivity index (χ4n) is 3.49. The van der Waals surface area contributed by atoms with Gasteiger partial charge in [0.05, 0.1) is 4.90 Å². The summed E-state index contributed by atoms with van der Waals surface area (Å²) in [4.78, 5) is 13.0. The molecule has 0 amide bonds. The molecule has 0 saturated carbocycles. The third-order valence-corrected chi connectivity index (χ3v) is 6.54. The Morgan fingerprint density at radius 3 is 2.33 bits per heavy atom. The first kappa shape index (κ1) is 20.7. The predicted octanol–water partition coefficient (Wildman–Crippen LogP) is 4.67. The molecule has 5 aromatic rings. The average Bonchev–Trinajstić information content (AvgIpc) is 3.26. The molecule has 0 saturated heterocycles. The molecule has 0 unspecified atom stereocenters. The molecule has 0 radical (unpaired) electrons. The Morgan fingerprint density at radius 1 is 0.818 bits per heavy atom. The third kappa shape index (κ3) is 4.39. The van der Waals surface area contributed by atoms with Gasteiger partial charge in [0.1, 0.15) is 23.8 Å². The van der Waals surface area contributed by atoms with Crippen LogP contribution in [0.3, 0.4) is 0 Å². The second-order valence-corrected chi connectivity index (χ2v) is 9.11. The number of anilines is 3. The van der Waals surface area contributed by atoms with Gasteiger partial charge in [0.2, 0.25) is 0 Å². The summed E-state index contributed by atoms with van der Waals surface area (Å²) in [7, 11) is -3.71. The van der Waals surface area contributed by atoms with Crippen molar-refractivity contribution in [2.45, 2.75) is 11.8 Å². The van der Waals surface area contributed by atoms with Crippen LogP contribution in [0.4, 0.5) is 17.2 Å². The zero-order valence-corrected chi connectivity index (χ0v) is 18.5. The number of hydrogen-bond donors (Lipinski definition) is 2. The average molecular weight is 457 g/mol. The Kier molecular flexibility index (Phi) is 5.23. The lowest BCUT2D eigenvalue weighted by atomic mass is 10.1. The number of fused-ring (bicyclic) bond motifs is 1. The predicted molar refractivity (Wildman–Crippen MR) is 128 cm³/mol. The van der Waals surface area contributed by atoms with E-state index in [0.717, 1.165) is 22.3 Å². The summed E-state index contributed by atoms with van der Waals surface area (Å²) in [6, 6.07) is 21.5. The summed E-state index contributed by atoms with van der Waals surface area (Å²) < 4.78 is 30.2. The minimum absolute atomic E-state index is 0.215. The molecule has 8 nitrogen and oxygen atoms in total. The van der Waals surface area contributed by atoms with Crippen LogP contribution in [0.15, 0.2) is 96.4 Å². The molecule has 0 fully saturated rings. The van der Waals surface area contributed by atoms with Crippen LogP contribution in [-0.4, -0.2) is 27.9 Å². The first-order valence-corrected chi connectivity index (χ1v) is 11.7. The first-order valence-electron chi connectivity index (χ1n) is 10.2. The number of sulfonamides is 1. The van der Waals surface area contributed by atoms with Gasteiger partial charge < -0.3 is 5.32 Å². The SMILES string of the molecule is Cc1nccn1-c1cc(Nc2ccc(NS(=O)(=O)c3ccc4ccccc4c3)cc2)ncn1. The van der Waals surface area contributed by atoms with Crippen LogP contribution in [-0.2, 0) is 10.0 Å². The van der Waals surface area contributed by atoms with Crippen LogP contribution < -0.4 is 10.0 Å². The molecule has 0 aliphatic carbocycles. The molecule has 0 aliphatic rings. The topological polar surface area (TPSA) is 102 Å². The first-order chi connectivity index (χ1) is 16.0. The van der Waals surface area contributed by atoms with Crippen LogP contribution in [0, 0.1) is 6.92 Å². The summed E-state index contributed by atoms with van der Waals surface area (Å²) >= 11 is 0. The van der Waals surface area contributed by atoms with E-state index >= 15 is 0 Å². The minimum atomic E-state index is -3.71. The largest absolute Gasteiger partial charge is 0.340 e. The quantitative estimate of drug-likeness (QED) is 0.385. The summed E-state index contributed by atoms with van der Waals surface area (Å²) in [5.74, 6) is 2.13. The van der Waals surface area contributed by atoms with Gasteiger partial charge in [0.15, 0.2) is 0 Å². The maximum Gasteiger partial charge on any atom is 0.261 e. The van der Waals surface area contributed by atoms with Crippen LogP contribution in [0.25, 0.3) is 16.6 Å². The van der Waals surface area contributed by atoms with E-state index in [1.165, 1.54) is 6.33 Å². The molecule has 0 aliphatic heterocycles. The molecule has 5 rings (SSSR count). The Labute approximate surface area is 191 Å². The lowest BCUT2D eigenvalue weighted by Gasteiger charge is -2.11. The number of nitrogens with one attached hydrogen (secondary N) is 2. The van der Waals surface area contributed by atoms with Crippen molar-refractivity contribution in [2.75, 3.05) is 10.0 Å². The van der Waals surface area contributed by atoms with Gasteiger partial charge in [-0.15, -0.1) is 0 Å². The highest BCUT2D eigenvalue weighted by molar-refractivity contribution is 7.92. The fourth-order valence-corrected chi connectivity index (χ4v) is 4.58. The van der Waals surface area contributed by atoms with Gasteiger partial charge in [-0.2, -0.15) is 0 Å². The molecule has 2 aromatic heterocycles. The smallest absolute Gasteiger partial charge is 0.261 e. The highest BCUT2D eigenvalue weighted by Crippen LogP contribution is 2.23. The molecule has 33 heavy (non-hydrogen) atoms. The molecule has 2 heterocycles. The molecule has 9 heteroatoms. The van der Waals surface area contributed by atoms with Gasteiger partial charge in [-0.25, -0.2) is 23.4 Å². The van der Waals surface area contributed by atoms with Gasteiger partial charge in [0, 0.05) is 29.8 Å². The molecule has 0 bridgehead atoms. The van der Waals surface area contributed by atoms with Crippen molar-refractivity contribution in [3.8, 4) is 5.82 Å². The number of imidazole rings is 1. The van der Waals surface area contributed by atoms with E-state index in [0.29, 0.717) is 17.3 Å². The molecule has 2 N–H and O–H groups in total. The number of hydrogen-bond acceptors (Lipinski definition) is 6. The molecule has 3 aromatic carbocycles. The summed E-state index contributed by atoms with van der Waals surface area (Å²) in [5.41, 5.74) is 1.22. The number of benzene rings is 3. The van der Waals surface area contributed by atoms with Crippen molar-refractivity contribution in [3.05, 3.63) is 97.3 Å². The highest BCUT2D eigenvalue weighted by Gasteiger charge is 2.15. The standard InChI is InChI=1S/C24H20N6O2S/c1-17-25-12-13-30(17)24-15-23(26-16-27-24)28-20-7-9-21(10-8-20)29-33(31,32)22-11-6-18-4-2-3-5-19(18)14-22/h2-16,29H,1H3,(H,26,27,28). The number of aromatic nitrogens is 4. The van der Waals surface area contributed by atoms with Crippen LogP contribution in [0.5, 0.6) is 0 Å². The summed E-state index contributed by atoms with van der Waals surface area (Å²) in [6.07, 6.45) is 5.02. The van der Waals surface area contributed by atoms with Gasteiger partial charge in [-0.1, -0.05) is 30.3 Å². The Bertz CT molecular complexity index is 1550. The Hall–Kier alpha value is -4.24. The monoisotopic (exact) mass is 456 g/mol. The van der Waals surface area contributed by atoms with Crippen molar-refractivity contribution < 1.29 is 8.42 Å². The van der Waals surface area contributed by atoms with Crippen molar-refractivity contribution in [1.82, 2.24) is 19.5 Å². The maximum atomic E-state index is 12.8. The van der Waals surface area contributed by atoms with Crippen molar-refractivity contribution in [2.24, 2.45) is 0 Å². The lowest BCUT2D eigenvalue weighted by molar-refractivity contribution is 0.601. The van der Waals surface area contributed by atoms with Crippen LogP contribution >= 0.6 is 0 Å². The van der Waals surface area contributed by atoms with Gasteiger partial charge in [0.25, 0.3) is 10.0 Å². The van der Waals surface area contributed by atoms with Crippen molar-refractivity contribution in [1.29, 1.82) is 0 Å². The van der Waals surface area contributed by atoms with E-state index in [4.69, 9.17) is 0 Å². The van der Waals surface area contributed by atoms with Crippen molar-refractivity contribution >= 4 is 38.0 Å². The molecule has 0 spiro atoms. The number of nitrogens with zero attached hydrogens (tertiary/aromatic N) is 4. The van der Waals surface area contributed by atoms with E-state index in [9.17, 15) is 8.42 Å². The van der Waals surface area contributed by atoms with E-state index in [1.54, 1.807) is 48.7 Å². The Morgan fingerprint density at radius 2 is 1.58 bits per heavy atom. The fraction of sp³-hybridized carbons (Fsp3) is 0.0417. The maximum absolute atomic E-state index is 12.8. The Balaban J connectivity index is 1.32. The number of rotatable bonds is 6. The zero-order valence-electron chi connectivity index (χ0n) is 17.7. The van der Waals surface area contributed by atoms with Gasteiger partial charge in [-0.3, -0.25) is 9.29 Å². The van der Waals surface area contributed by atoms with E-state index in [-0.39, 0.29) is 4.90 Å². The molecule has 0 atom stereocenters. The second-order valence-electron chi connectivity index (χ2n) is 7.42. The minimum Gasteiger partial charge on any atom is -0.340 e. The zero-order chi connectivity index (χ0) is 22.8. The summed E-state index contributed by atoms with van der Waals surface area (Å²) in [6.45, 7) is 1.90. The van der Waals surface area contributed by atoms with Gasteiger partial charge >= 0.3 is 0 Å². The second kappa shape index (κ2) is 8.36. The van der Waals surface area contributed by atoms with Crippen molar-refractivity contribution in [3.63, 3.8) is 0 Å². The van der Waals surface area contributed by atoms with E-state index < -0.39 is 10.0 Å². The van der Waals surface area contributed by atoms with E-state index in [2.05, 4.69) is 25.0 Å². The number of aryl methyl sites for hydroxylation is 1. The molecular weight excluding hydrogens is 436 g/mol. The third-order valence-electron chi connectivity index (χ3n) is 5.17. The normalized spacial score (nSPS) is 11.4. The molecule has 164 valence electrons.